The second kappa shape index (κ2) is 9.97. The molecule has 4 heteroatoms. The fourth-order valence-corrected chi connectivity index (χ4v) is 8.25. The van der Waals surface area contributed by atoms with Crippen molar-refractivity contribution in [3.63, 3.8) is 0 Å². The van der Waals surface area contributed by atoms with E-state index in [9.17, 15) is 0 Å². The second-order valence-electron chi connectivity index (χ2n) is 15.8. The fraction of sp³-hybridized carbons (Fsp3) is 0.256. The third-order valence-electron chi connectivity index (χ3n) is 10.6. The van der Waals surface area contributed by atoms with Crippen LogP contribution in [0.2, 0.25) is 0 Å². The second-order valence-corrected chi connectivity index (χ2v) is 15.8. The molecule has 2 aliphatic heterocycles. The number of fused-ring (bicyclic) bond motifs is 4. The van der Waals surface area contributed by atoms with Crippen molar-refractivity contribution in [1.29, 1.82) is 0 Å². The summed E-state index contributed by atoms with van der Waals surface area (Å²) in [5.41, 5.74) is 17.7. The largest absolute Gasteiger partial charge is 0.314 e. The first kappa shape index (κ1) is 29.8. The van der Waals surface area contributed by atoms with E-state index in [0.717, 1.165) is 33.9 Å². The Morgan fingerprint density at radius 3 is 1.87 bits per heavy atom. The van der Waals surface area contributed by atoms with Gasteiger partial charge in [0.1, 0.15) is 5.82 Å². The molecule has 8 rings (SSSR count). The van der Waals surface area contributed by atoms with Crippen molar-refractivity contribution in [2.75, 3.05) is 4.90 Å². The number of para-hydroxylation sites is 1. The van der Waals surface area contributed by atoms with Crippen LogP contribution in [0.4, 0.5) is 21.5 Å². The molecule has 47 heavy (non-hydrogen) atoms. The molecule has 234 valence electrons. The number of aryl methyl sites for hydroxylation is 2. The van der Waals surface area contributed by atoms with E-state index in [-0.39, 0.29) is 23.4 Å². The van der Waals surface area contributed by atoms with E-state index in [1.54, 1.807) is 12.1 Å². The number of nitrogens with zero attached hydrogens (tertiary/aromatic N) is 2. The molecule has 5 aromatic carbocycles. The number of aromatic nitrogens is 1. The quantitative estimate of drug-likeness (QED) is 0.176. The highest BCUT2D eigenvalue weighted by molar-refractivity contribution is 7.00. The summed E-state index contributed by atoms with van der Waals surface area (Å²) in [7, 11) is 0. The molecule has 0 saturated carbocycles. The fourth-order valence-electron chi connectivity index (χ4n) is 8.25. The van der Waals surface area contributed by atoms with Crippen LogP contribution in [-0.4, -0.2) is 11.3 Å². The molecule has 0 bridgehead atoms. The molecule has 0 fully saturated rings. The molecule has 0 atom stereocenters. The molecule has 0 aliphatic carbocycles. The Labute approximate surface area is 279 Å². The molecular formula is C43H42BFN2. The summed E-state index contributed by atoms with van der Waals surface area (Å²) in [4.78, 5) is 2.29. The van der Waals surface area contributed by atoms with Gasteiger partial charge in [-0.2, -0.15) is 0 Å². The average molecular weight is 617 g/mol. The minimum atomic E-state index is -0.224. The van der Waals surface area contributed by atoms with Crippen molar-refractivity contribution in [2.45, 2.75) is 73.1 Å². The predicted octanol–water partition coefficient (Wildman–Crippen LogP) is 9.57. The maximum Gasteiger partial charge on any atom is 0.252 e. The van der Waals surface area contributed by atoms with E-state index in [1.807, 2.05) is 0 Å². The van der Waals surface area contributed by atoms with Gasteiger partial charge in [0, 0.05) is 44.9 Å². The van der Waals surface area contributed by atoms with E-state index in [4.69, 9.17) is 0 Å². The first-order valence-corrected chi connectivity index (χ1v) is 16.8. The topological polar surface area (TPSA) is 8.17 Å². The van der Waals surface area contributed by atoms with Crippen LogP contribution >= 0.6 is 0 Å². The standard InChI is InChI=1S/C43H42BFN2/c1-25-12-10-13-26(2)38(25)39-27(3)46-36-23-30(45)24-37-40(36)44(33-15-11-14-32(39)41(33)46)34-22-29(43(7,8)9)18-21-35(34)47(37)31-19-16-28(17-20-31)42(4,5)6/h10-24H,1-9H3. The number of benzene rings is 5. The Hall–Kier alpha value is -4.57. The van der Waals surface area contributed by atoms with Crippen molar-refractivity contribution in [2.24, 2.45) is 0 Å². The lowest BCUT2D eigenvalue weighted by atomic mass is 9.33. The number of anilines is 3. The molecular weight excluding hydrogens is 574 g/mol. The average Bonchev–Trinajstić information content (AvgIpc) is 3.30. The Kier molecular flexibility index (Phi) is 6.32. The van der Waals surface area contributed by atoms with Crippen LogP contribution in [0.5, 0.6) is 0 Å². The van der Waals surface area contributed by atoms with Gasteiger partial charge in [0.05, 0.1) is 0 Å². The molecule has 0 spiro atoms. The maximum atomic E-state index is 16.1. The molecule has 2 aliphatic rings. The van der Waals surface area contributed by atoms with Gasteiger partial charge in [0.15, 0.2) is 0 Å². The first-order valence-electron chi connectivity index (χ1n) is 16.8. The first-order chi connectivity index (χ1) is 22.3. The lowest BCUT2D eigenvalue weighted by molar-refractivity contribution is 0.590. The van der Waals surface area contributed by atoms with Crippen LogP contribution < -0.4 is 21.3 Å². The van der Waals surface area contributed by atoms with Crippen LogP contribution in [0, 0.1) is 26.6 Å². The van der Waals surface area contributed by atoms with Gasteiger partial charge in [-0.25, -0.2) is 4.39 Å². The summed E-state index contributed by atoms with van der Waals surface area (Å²) >= 11 is 0. The summed E-state index contributed by atoms with van der Waals surface area (Å²) in [6, 6.07) is 32.6. The van der Waals surface area contributed by atoms with E-state index in [0.29, 0.717) is 0 Å². The molecule has 0 saturated heterocycles. The van der Waals surface area contributed by atoms with E-state index in [1.165, 1.54) is 55.2 Å². The van der Waals surface area contributed by atoms with Gasteiger partial charge in [-0.1, -0.05) is 102 Å². The lowest BCUT2D eigenvalue weighted by Gasteiger charge is -2.41. The normalized spacial score (nSPS) is 13.7. The number of hydrogen-bond acceptors (Lipinski definition) is 1. The predicted molar refractivity (Wildman–Crippen MR) is 200 cm³/mol. The Balaban J connectivity index is 1.50. The van der Waals surface area contributed by atoms with Gasteiger partial charge in [-0.05, 0) is 106 Å². The third kappa shape index (κ3) is 4.30. The highest BCUT2D eigenvalue weighted by Gasteiger charge is 2.43. The van der Waals surface area contributed by atoms with Gasteiger partial charge >= 0.3 is 0 Å². The highest BCUT2D eigenvalue weighted by atomic mass is 19.1. The van der Waals surface area contributed by atoms with Crippen LogP contribution in [-0.2, 0) is 10.8 Å². The summed E-state index contributed by atoms with van der Waals surface area (Å²) in [6.45, 7) is 20.1. The Bertz CT molecular complexity index is 2240. The van der Waals surface area contributed by atoms with Crippen LogP contribution in [0.25, 0.3) is 27.7 Å². The van der Waals surface area contributed by atoms with E-state index >= 15 is 4.39 Å². The zero-order valence-corrected chi connectivity index (χ0v) is 29.0. The summed E-state index contributed by atoms with van der Waals surface area (Å²) in [5, 5.41) is 1.22. The molecule has 1 aromatic heterocycles. The maximum absolute atomic E-state index is 16.1. The van der Waals surface area contributed by atoms with Crippen molar-refractivity contribution in [3.05, 3.63) is 125 Å². The van der Waals surface area contributed by atoms with Gasteiger partial charge in [-0.3, -0.25) is 0 Å². The van der Waals surface area contributed by atoms with Gasteiger partial charge < -0.3 is 9.47 Å². The van der Waals surface area contributed by atoms with E-state index in [2.05, 4.69) is 151 Å². The molecule has 2 nitrogen and oxygen atoms in total. The van der Waals surface area contributed by atoms with Gasteiger partial charge in [0.2, 0.25) is 0 Å². The number of hydrogen-bond donors (Lipinski definition) is 0. The molecule has 0 unspecified atom stereocenters. The Morgan fingerprint density at radius 1 is 0.596 bits per heavy atom. The molecule has 0 amide bonds. The summed E-state index contributed by atoms with van der Waals surface area (Å²) in [6.07, 6.45) is 0. The Morgan fingerprint density at radius 2 is 1.21 bits per heavy atom. The SMILES string of the molecule is Cc1cccc(C)c1-c1c(C)n2c3c(cccc13)B1c3cc(C(C)(C)C)ccc3N(c3ccc(C(C)(C)C)cc3)c3cc(F)cc-2c31. The van der Waals surface area contributed by atoms with Crippen molar-refractivity contribution in [3.8, 4) is 16.8 Å². The zero-order chi connectivity index (χ0) is 33.2. The van der Waals surface area contributed by atoms with E-state index < -0.39 is 0 Å². The van der Waals surface area contributed by atoms with Gasteiger partial charge in [0.25, 0.3) is 6.71 Å². The van der Waals surface area contributed by atoms with Crippen LogP contribution in [0.3, 0.4) is 0 Å². The van der Waals surface area contributed by atoms with Crippen molar-refractivity contribution in [1.82, 2.24) is 4.57 Å². The van der Waals surface area contributed by atoms with Crippen LogP contribution in [0.1, 0.15) is 69.5 Å². The highest BCUT2D eigenvalue weighted by Crippen LogP contribution is 2.44. The molecule has 3 heterocycles. The minimum Gasteiger partial charge on any atom is -0.314 e. The molecule has 0 radical (unpaired) electrons. The molecule has 6 aromatic rings. The number of rotatable bonds is 2. The zero-order valence-electron chi connectivity index (χ0n) is 29.0. The minimum absolute atomic E-state index is 0.0207. The smallest absolute Gasteiger partial charge is 0.252 e. The number of halogens is 1. The van der Waals surface area contributed by atoms with Crippen molar-refractivity contribution < 1.29 is 4.39 Å². The molecule has 0 N–H and O–H groups in total. The summed E-state index contributed by atoms with van der Waals surface area (Å²) in [5.74, 6) is -0.224. The lowest BCUT2D eigenvalue weighted by Crippen LogP contribution is -2.60. The van der Waals surface area contributed by atoms with Gasteiger partial charge in [-0.15, -0.1) is 0 Å². The summed E-state index contributed by atoms with van der Waals surface area (Å²) < 4.78 is 18.5. The monoisotopic (exact) mass is 616 g/mol. The third-order valence-corrected chi connectivity index (χ3v) is 10.6. The van der Waals surface area contributed by atoms with Crippen LogP contribution in [0.15, 0.2) is 91.0 Å². The van der Waals surface area contributed by atoms with Crippen molar-refractivity contribution >= 4 is 51.1 Å².